The molecule has 0 radical (unpaired) electrons. The Morgan fingerprint density at radius 2 is 1.77 bits per heavy atom. The van der Waals surface area contributed by atoms with E-state index in [1.165, 1.54) is 42.7 Å². The van der Waals surface area contributed by atoms with E-state index in [9.17, 15) is 13.2 Å². The molecule has 1 saturated heterocycles. The van der Waals surface area contributed by atoms with Gasteiger partial charge in [0.25, 0.3) is 0 Å². The number of alkyl halides is 3. The minimum absolute atomic E-state index is 0.356. The topological polar surface area (TPSA) is 53.9 Å². The summed E-state index contributed by atoms with van der Waals surface area (Å²) >= 11 is 1.50. The summed E-state index contributed by atoms with van der Waals surface area (Å²) in [5.74, 6) is 1.23. The van der Waals surface area contributed by atoms with Crippen LogP contribution in [0.15, 0.2) is 36.5 Å². The first-order chi connectivity index (χ1) is 16.9. The highest BCUT2D eigenvalue weighted by atomic mass is 32.1. The maximum Gasteiger partial charge on any atom is 0.416 e. The number of nitrogens with one attached hydrogen (secondary N) is 1. The van der Waals surface area contributed by atoms with E-state index in [0.717, 1.165) is 54.8 Å². The number of benzene rings is 1. The van der Waals surface area contributed by atoms with Gasteiger partial charge in [-0.2, -0.15) is 13.2 Å². The summed E-state index contributed by atoms with van der Waals surface area (Å²) in [4.78, 5) is 17.1. The molecule has 3 aromatic rings. The van der Waals surface area contributed by atoms with Crippen molar-refractivity contribution in [3.05, 3.63) is 42.1 Å². The summed E-state index contributed by atoms with van der Waals surface area (Å²) in [6, 6.07) is 7.59. The largest absolute Gasteiger partial charge is 0.416 e. The van der Waals surface area contributed by atoms with Gasteiger partial charge in [-0.15, -0.1) is 0 Å². The van der Waals surface area contributed by atoms with Crippen LogP contribution in [-0.2, 0) is 6.18 Å². The van der Waals surface area contributed by atoms with Gasteiger partial charge in [-0.1, -0.05) is 49.7 Å². The van der Waals surface area contributed by atoms with E-state index in [-0.39, 0.29) is 0 Å². The number of hydrogen-bond donors (Lipinski definition) is 1. The third-order valence-electron chi connectivity index (χ3n) is 6.96. The molecule has 2 fully saturated rings. The molecular formula is C26H30F3N5S. The summed E-state index contributed by atoms with van der Waals surface area (Å²) in [6.07, 6.45) is 5.32. The normalized spacial score (nSPS) is 18.1. The maximum atomic E-state index is 13.5. The molecule has 0 spiro atoms. The van der Waals surface area contributed by atoms with Gasteiger partial charge in [0, 0.05) is 30.9 Å². The molecule has 5 rings (SSSR count). The van der Waals surface area contributed by atoms with E-state index in [1.807, 2.05) is 6.07 Å². The Kier molecular flexibility index (Phi) is 6.95. The van der Waals surface area contributed by atoms with Gasteiger partial charge >= 0.3 is 6.18 Å². The molecule has 2 aliphatic rings. The van der Waals surface area contributed by atoms with Gasteiger partial charge < -0.3 is 10.2 Å². The molecule has 5 nitrogen and oxygen atoms in total. The van der Waals surface area contributed by atoms with Gasteiger partial charge in [-0.25, -0.2) is 15.0 Å². The van der Waals surface area contributed by atoms with Crippen LogP contribution in [0.4, 0.5) is 24.3 Å². The number of piperidine rings is 1. The predicted molar refractivity (Wildman–Crippen MR) is 135 cm³/mol. The van der Waals surface area contributed by atoms with Crippen LogP contribution in [0, 0.1) is 5.92 Å². The molecule has 1 saturated carbocycles. The fourth-order valence-corrected chi connectivity index (χ4v) is 5.95. The number of hydrogen-bond acceptors (Lipinski definition) is 6. The molecule has 9 heteroatoms. The Hall–Kier alpha value is -2.68. The molecule has 0 bridgehead atoms. The summed E-state index contributed by atoms with van der Waals surface area (Å²) < 4.78 is 40.4. The van der Waals surface area contributed by atoms with E-state index < -0.39 is 11.7 Å². The van der Waals surface area contributed by atoms with Crippen LogP contribution in [0.25, 0.3) is 21.8 Å². The van der Waals surface area contributed by atoms with Gasteiger partial charge in [-0.05, 0) is 49.8 Å². The van der Waals surface area contributed by atoms with E-state index in [1.54, 1.807) is 12.3 Å². The van der Waals surface area contributed by atoms with Gasteiger partial charge in [0.1, 0.15) is 0 Å². The quantitative estimate of drug-likeness (QED) is 0.399. The van der Waals surface area contributed by atoms with E-state index in [2.05, 4.69) is 22.1 Å². The number of nitrogens with zero attached hydrogens (tertiary/aromatic N) is 4. The summed E-state index contributed by atoms with van der Waals surface area (Å²) in [7, 11) is 0. The van der Waals surface area contributed by atoms with Crippen LogP contribution in [0.3, 0.4) is 0 Å². The summed E-state index contributed by atoms with van der Waals surface area (Å²) in [6.45, 7) is 4.04. The highest BCUT2D eigenvalue weighted by Crippen LogP contribution is 2.42. The molecule has 1 N–H and O–H groups in total. The monoisotopic (exact) mass is 501 g/mol. The van der Waals surface area contributed by atoms with Crippen LogP contribution in [0.1, 0.15) is 57.4 Å². The minimum atomic E-state index is -4.41. The Morgan fingerprint density at radius 3 is 2.51 bits per heavy atom. The Labute approximate surface area is 207 Å². The minimum Gasteiger partial charge on any atom is -0.351 e. The van der Waals surface area contributed by atoms with Gasteiger partial charge in [0.2, 0.25) is 5.95 Å². The molecule has 0 amide bonds. The van der Waals surface area contributed by atoms with Crippen LogP contribution in [0.2, 0.25) is 0 Å². The lowest BCUT2D eigenvalue weighted by Gasteiger charge is -2.29. The second kappa shape index (κ2) is 10.1. The maximum absolute atomic E-state index is 13.5. The molecule has 35 heavy (non-hydrogen) atoms. The molecule has 186 valence electrons. The highest BCUT2D eigenvalue weighted by Gasteiger charge is 2.31. The molecule has 0 unspecified atom stereocenters. The van der Waals surface area contributed by atoms with Crippen LogP contribution in [0.5, 0.6) is 0 Å². The third-order valence-corrected chi connectivity index (χ3v) is 8.10. The summed E-state index contributed by atoms with van der Waals surface area (Å²) in [5.41, 5.74) is 0.990. The van der Waals surface area contributed by atoms with Crippen molar-refractivity contribution in [3.8, 4) is 21.8 Å². The number of thiazole rings is 1. The number of halogens is 3. The zero-order chi connectivity index (χ0) is 24.4. The van der Waals surface area contributed by atoms with Crippen molar-refractivity contribution in [2.75, 3.05) is 23.3 Å². The molecule has 1 aromatic carbocycles. The van der Waals surface area contributed by atoms with Gasteiger partial charge in [0.15, 0.2) is 5.13 Å². The molecule has 1 aliphatic carbocycles. The van der Waals surface area contributed by atoms with Crippen LogP contribution >= 0.6 is 11.3 Å². The number of aromatic nitrogens is 3. The lowest BCUT2D eigenvalue weighted by molar-refractivity contribution is -0.137. The van der Waals surface area contributed by atoms with E-state index in [0.29, 0.717) is 34.9 Å². The lowest BCUT2D eigenvalue weighted by Crippen LogP contribution is -2.32. The summed E-state index contributed by atoms with van der Waals surface area (Å²) in [5, 5.41) is 4.29. The van der Waals surface area contributed by atoms with Crippen molar-refractivity contribution >= 4 is 22.4 Å². The molecule has 3 heterocycles. The zero-order valence-electron chi connectivity index (χ0n) is 19.8. The second-order valence-corrected chi connectivity index (χ2v) is 10.6. The first kappa shape index (κ1) is 24.0. The highest BCUT2D eigenvalue weighted by molar-refractivity contribution is 7.19. The van der Waals surface area contributed by atoms with Gasteiger partial charge in [0.05, 0.1) is 21.8 Å². The van der Waals surface area contributed by atoms with Crippen LogP contribution in [-0.4, -0.2) is 34.1 Å². The van der Waals surface area contributed by atoms with Crippen molar-refractivity contribution < 1.29 is 13.2 Å². The van der Waals surface area contributed by atoms with Gasteiger partial charge in [-0.3, -0.25) is 0 Å². The molecular weight excluding hydrogens is 471 g/mol. The average molecular weight is 502 g/mol. The Balaban J connectivity index is 1.52. The van der Waals surface area contributed by atoms with Crippen molar-refractivity contribution in [2.45, 2.75) is 64.1 Å². The Bertz CT molecular complexity index is 1150. The molecule has 1 aliphatic heterocycles. The zero-order valence-corrected chi connectivity index (χ0v) is 20.6. The smallest absolute Gasteiger partial charge is 0.351 e. The van der Waals surface area contributed by atoms with Crippen molar-refractivity contribution in [1.29, 1.82) is 0 Å². The fourth-order valence-electron chi connectivity index (χ4n) is 4.84. The second-order valence-electron chi connectivity index (χ2n) is 9.67. The molecule has 2 aromatic heterocycles. The predicted octanol–water partition coefficient (Wildman–Crippen LogP) is 7.27. The SMILES string of the molecule is CC1CCN(c2nc(-c3cccc(C(F)(F)F)c3)c(-c3ccnc(NC4CCCCC4)n3)s2)CC1. The van der Waals surface area contributed by atoms with E-state index in [4.69, 9.17) is 9.97 Å². The number of rotatable bonds is 5. The fraction of sp³-hybridized carbons (Fsp3) is 0.500. The first-order valence-corrected chi connectivity index (χ1v) is 13.2. The first-order valence-electron chi connectivity index (χ1n) is 12.4. The number of anilines is 2. The lowest BCUT2D eigenvalue weighted by atomic mass is 9.96. The molecule has 0 atom stereocenters. The third kappa shape index (κ3) is 5.60. The average Bonchev–Trinajstić information content (AvgIpc) is 3.31. The van der Waals surface area contributed by atoms with E-state index >= 15 is 0 Å². The van der Waals surface area contributed by atoms with Crippen molar-refractivity contribution in [2.24, 2.45) is 5.92 Å². The van der Waals surface area contributed by atoms with Crippen LogP contribution < -0.4 is 10.2 Å². The standard InChI is InChI=1S/C26H30F3N5S/c1-17-11-14-34(15-12-17)25-33-22(18-6-5-7-19(16-18)26(27,28)29)23(35-25)21-10-13-30-24(32-21)31-20-8-3-2-4-9-20/h5-7,10,13,16-17,20H,2-4,8-9,11-12,14-15H2,1H3,(H,30,31,32). The Morgan fingerprint density at radius 1 is 1.00 bits per heavy atom. The van der Waals surface area contributed by atoms with Crippen molar-refractivity contribution in [3.63, 3.8) is 0 Å². The van der Waals surface area contributed by atoms with Crippen molar-refractivity contribution in [1.82, 2.24) is 15.0 Å².